The minimum Gasteiger partial charge on any atom is -0.467 e. The van der Waals surface area contributed by atoms with Gasteiger partial charge in [0, 0.05) is 18.7 Å². The molecule has 2 rings (SSSR count). The molecular formula is C12H14BrN3O2. The van der Waals surface area contributed by atoms with E-state index in [9.17, 15) is 4.79 Å². The average molecular weight is 312 g/mol. The Bertz CT molecular complexity index is 519. The molecule has 0 aromatic carbocycles. The highest BCUT2D eigenvalue weighted by Crippen LogP contribution is 2.14. The smallest absolute Gasteiger partial charge is 0.222 e. The van der Waals surface area contributed by atoms with E-state index < -0.39 is 0 Å². The Balaban J connectivity index is 1.76. The van der Waals surface area contributed by atoms with Gasteiger partial charge in [-0.3, -0.25) is 9.48 Å². The lowest BCUT2D eigenvalue weighted by Crippen LogP contribution is -2.24. The van der Waals surface area contributed by atoms with Crippen LogP contribution in [0.25, 0.3) is 0 Å². The molecule has 0 fully saturated rings. The Morgan fingerprint density at radius 2 is 2.44 bits per heavy atom. The molecule has 96 valence electrons. The maximum absolute atomic E-state index is 11.6. The molecule has 0 spiro atoms. The van der Waals surface area contributed by atoms with E-state index in [-0.39, 0.29) is 5.91 Å². The van der Waals surface area contributed by atoms with Gasteiger partial charge in [-0.1, -0.05) is 0 Å². The highest BCUT2D eigenvalue weighted by molar-refractivity contribution is 9.10. The molecule has 0 aliphatic rings. The fourth-order valence-corrected chi connectivity index (χ4v) is 1.84. The first-order valence-corrected chi connectivity index (χ1v) is 6.43. The monoisotopic (exact) mass is 311 g/mol. The van der Waals surface area contributed by atoms with Crippen LogP contribution in [0.1, 0.15) is 17.9 Å². The van der Waals surface area contributed by atoms with Crippen LogP contribution in [-0.2, 0) is 17.9 Å². The Morgan fingerprint density at radius 3 is 3.06 bits per heavy atom. The van der Waals surface area contributed by atoms with Gasteiger partial charge in [0.1, 0.15) is 5.76 Å². The summed E-state index contributed by atoms with van der Waals surface area (Å²) in [5.41, 5.74) is 1.02. The number of rotatable bonds is 5. The lowest BCUT2D eigenvalue weighted by molar-refractivity contribution is -0.121. The van der Waals surface area contributed by atoms with Gasteiger partial charge in [0.05, 0.1) is 23.5 Å². The minimum absolute atomic E-state index is 0.0163. The van der Waals surface area contributed by atoms with E-state index in [2.05, 4.69) is 26.3 Å². The summed E-state index contributed by atoms with van der Waals surface area (Å²) in [6.07, 6.45) is 3.72. The Labute approximate surface area is 113 Å². The van der Waals surface area contributed by atoms with Crippen molar-refractivity contribution in [2.24, 2.45) is 0 Å². The van der Waals surface area contributed by atoms with E-state index in [1.165, 1.54) is 0 Å². The van der Waals surface area contributed by atoms with Gasteiger partial charge in [0.25, 0.3) is 0 Å². The van der Waals surface area contributed by atoms with Crippen molar-refractivity contribution in [3.05, 3.63) is 40.5 Å². The summed E-state index contributed by atoms with van der Waals surface area (Å²) < 4.78 is 7.89. The first-order chi connectivity index (χ1) is 8.66. The predicted molar refractivity (Wildman–Crippen MR) is 69.8 cm³/mol. The first-order valence-electron chi connectivity index (χ1n) is 5.64. The number of halogens is 1. The maximum atomic E-state index is 11.6. The van der Waals surface area contributed by atoms with Crippen molar-refractivity contribution in [1.29, 1.82) is 0 Å². The number of aromatic nitrogens is 2. The number of amides is 1. The van der Waals surface area contributed by atoms with Crippen LogP contribution in [0.4, 0.5) is 0 Å². The van der Waals surface area contributed by atoms with Crippen LogP contribution >= 0.6 is 15.9 Å². The third-order valence-corrected chi connectivity index (χ3v) is 3.41. The molecule has 1 N–H and O–H groups in total. The van der Waals surface area contributed by atoms with Crippen molar-refractivity contribution < 1.29 is 9.21 Å². The molecule has 5 nitrogen and oxygen atoms in total. The lowest BCUT2D eigenvalue weighted by Gasteiger charge is -2.05. The van der Waals surface area contributed by atoms with Crippen molar-refractivity contribution >= 4 is 21.8 Å². The molecule has 0 saturated heterocycles. The molecule has 18 heavy (non-hydrogen) atoms. The fraction of sp³-hybridized carbons (Fsp3) is 0.333. The van der Waals surface area contributed by atoms with Crippen LogP contribution in [0.2, 0.25) is 0 Å². The van der Waals surface area contributed by atoms with Gasteiger partial charge in [-0.15, -0.1) is 0 Å². The molecule has 0 saturated carbocycles. The molecule has 2 aromatic heterocycles. The van der Waals surface area contributed by atoms with Crippen LogP contribution in [0, 0.1) is 6.92 Å². The van der Waals surface area contributed by atoms with E-state index in [4.69, 9.17) is 4.42 Å². The molecule has 0 unspecified atom stereocenters. The summed E-state index contributed by atoms with van der Waals surface area (Å²) in [6, 6.07) is 3.63. The van der Waals surface area contributed by atoms with Gasteiger partial charge < -0.3 is 9.73 Å². The summed E-state index contributed by atoms with van der Waals surface area (Å²) >= 11 is 3.38. The number of furan rings is 1. The van der Waals surface area contributed by atoms with Crippen molar-refractivity contribution in [2.45, 2.75) is 26.4 Å². The van der Waals surface area contributed by atoms with E-state index in [0.717, 1.165) is 15.9 Å². The highest BCUT2D eigenvalue weighted by Gasteiger charge is 2.07. The molecule has 0 radical (unpaired) electrons. The van der Waals surface area contributed by atoms with Gasteiger partial charge in [-0.2, -0.15) is 5.10 Å². The van der Waals surface area contributed by atoms with E-state index >= 15 is 0 Å². The van der Waals surface area contributed by atoms with Gasteiger partial charge in [-0.25, -0.2) is 0 Å². The quantitative estimate of drug-likeness (QED) is 0.921. The topological polar surface area (TPSA) is 60.1 Å². The maximum Gasteiger partial charge on any atom is 0.222 e. The normalized spacial score (nSPS) is 10.6. The average Bonchev–Trinajstić information content (AvgIpc) is 2.97. The summed E-state index contributed by atoms with van der Waals surface area (Å²) in [4.78, 5) is 11.6. The second-order valence-electron chi connectivity index (χ2n) is 3.91. The van der Waals surface area contributed by atoms with Crippen molar-refractivity contribution in [3.63, 3.8) is 0 Å². The second-order valence-corrected chi connectivity index (χ2v) is 4.76. The molecule has 0 atom stereocenters. The van der Waals surface area contributed by atoms with Crippen LogP contribution < -0.4 is 5.32 Å². The number of carbonyl (C=O) groups is 1. The number of carbonyl (C=O) groups excluding carboxylic acids is 1. The zero-order valence-electron chi connectivity index (χ0n) is 10.0. The number of nitrogens with one attached hydrogen (secondary N) is 1. The molecular weight excluding hydrogens is 298 g/mol. The summed E-state index contributed by atoms with van der Waals surface area (Å²) in [6.45, 7) is 2.95. The van der Waals surface area contributed by atoms with E-state index in [0.29, 0.717) is 19.5 Å². The number of hydrogen-bond acceptors (Lipinski definition) is 3. The Hall–Kier alpha value is -1.56. The minimum atomic E-state index is -0.0163. The van der Waals surface area contributed by atoms with E-state index in [1.54, 1.807) is 23.2 Å². The van der Waals surface area contributed by atoms with Gasteiger partial charge >= 0.3 is 0 Å². The van der Waals surface area contributed by atoms with Gasteiger partial charge in [0.15, 0.2) is 0 Å². The number of hydrogen-bond donors (Lipinski definition) is 1. The standard InChI is InChI=1S/C12H14BrN3O2/c1-9-11(13)8-15-16(9)5-4-12(17)14-7-10-3-2-6-18-10/h2-3,6,8H,4-5,7H2,1H3,(H,14,17). The van der Waals surface area contributed by atoms with Crippen LogP contribution in [0.15, 0.2) is 33.5 Å². The van der Waals surface area contributed by atoms with E-state index in [1.807, 2.05) is 13.0 Å². The molecule has 0 bridgehead atoms. The largest absolute Gasteiger partial charge is 0.467 e. The molecule has 0 aliphatic carbocycles. The van der Waals surface area contributed by atoms with Gasteiger partial charge in [0.2, 0.25) is 5.91 Å². The van der Waals surface area contributed by atoms with Crippen molar-refractivity contribution in [3.8, 4) is 0 Å². The molecule has 2 aromatic rings. The Kier molecular flexibility index (Phi) is 4.19. The number of aryl methyl sites for hydroxylation is 1. The summed E-state index contributed by atoms with van der Waals surface area (Å²) in [5, 5.41) is 6.96. The van der Waals surface area contributed by atoms with Gasteiger partial charge in [-0.05, 0) is 35.0 Å². The van der Waals surface area contributed by atoms with Crippen LogP contribution in [-0.4, -0.2) is 15.7 Å². The molecule has 6 heteroatoms. The van der Waals surface area contributed by atoms with Crippen molar-refractivity contribution in [1.82, 2.24) is 15.1 Å². The zero-order chi connectivity index (χ0) is 13.0. The first kappa shape index (κ1) is 12.9. The highest BCUT2D eigenvalue weighted by atomic mass is 79.9. The number of nitrogens with zero attached hydrogens (tertiary/aromatic N) is 2. The fourth-order valence-electron chi connectivity index (χ4n) is 1.54. The third-order valence-electron chi connectivity index (χ3n) is 2.63. The predicted octanol–water partition coefficient (Wildman–Crippen LogP) is 2.25. The SMILES string of the molecule is Cc1c(Br)cnn1CCC(=O)NCc1ccco1. The third kappa shape index (κ3) is 3.22. The lowest BCUT2D eigenvalue weighted by atomic mass is 10.3. The summed E-state index contributed by atoms with van der Waals surface area (Å²) in [7, 11) is 0. The molecule has 1 amide bonds. The molecule has 0 aliphatic heterocycles. The Morgan fingerprint density at radius 1 is 1.61 bits per heavy atom. The molecule has 2 heterocycles. The zero-order valence-corrected chi connectivity index (χ0v) is 11.6. The van der Waals surface area contributed by atoms with Crippen LogP contribution in [0.5, 0.6) is 0 Å². The summed E-state index contributed by atoms with van der Waals surface area (Å²) in [5.74, 6) is 0.735. The van der Waals surface area contributed by atoms with Crippen molar-refractivity contribution in [2.75, 3.05) is 0 Å². The second kappa shape index (κ2) is 5.86. The van der Waals surface area contributed by atoms with Crippen LogP contribution in [0.3, 0.4) is 0 Å².